The van der Waals surface area contributed by atoms with Gasteiger partial charge in [0.05, 0.1) is 16.4 Å². The number of hydrogen-bond donors (Lipinski definition) is 0. The van der Waals surface area contributed by atoms with Crippen molar-refractivity contribution < 1.29 is 18.1 Å². The number of carbonyl (C=O) groups is 1. The summed E-state index contributed by atoms with van der Waals surface area (Å²) < 4.78 is 28.5. The molecule has 2 aromatic carbocycles. The predicted octanol–water partition coefficient (Wildman–Crippen LogP) is 2.03. The number of rotatable bonds is 5. The molecule has 3 aromatic rings. The van der Waals surface area contributed by atoms with E-state index >= 15 is 0 Å². The van der Waals surface area contributed by atoms with E-state index in [4.69, 9.17) is 0 Å². The number of carbonyl (C=O) groups excluding carboxylic acids is 1. The number of benzene rings is 2. The molecule has 0 radical (unpaired) electrons. The van der Waals surface area contributed by atoms with E-state index in [0.717, 1.165) is 10.4 Å². The van der Waals surface area contributed by atoms with E-state index in [9.17, 15) is 28.1 Å². The van der Waals surface area contributed by atoms with Gasteiger partial charge in [0.25, 0.3) is 17.2 Å². The van der Waals surface area contributed by atoms with Crippen LogP contribution in [0.4, 0.5) is 5.69 Å². The van der Waals surface area contributed by atoms with Crippen LogP contribution in [-0.4, -0.2) is 64.4 Å². The van der Waals surface area contributed by atoms with Crippen LogP contribution in [0.1, 0.15) is 30.4 Å². The molecule has 1 amide bonds. The maximum absolute atomic E-state index is 13.4. The summed E-state index contributed by atoms with van der Waals surface area (Å²) in [5, 5.41) is 16.4. The minimum atomic E-state index is -4.12. The number of para-hydroxylation sites is 1. The average molecular weight is 486 g/mol. The van der Waals surface area contributed by atoms with Gasteiger partial charge in [-0.25, -0.2) is 13.1 Å². The summed E-state index contributed by atoms with van der Waals surface area (Å²) in [6.45, 7) is 3.70. The topological polar surface area (TPSA) is 136 Å². The van der Waals surface area contributed by atoms with Crippen molar-refractivity contribution in [1.29, 1.82) is 0 Å². The molecule has 12 heteroatoms. The molecule has 0 spiro atoms. The molecule has 0 bridgehead atoms. The zero-order chi connectivity index (χ0) is 24.6. The molecular weight excluding hydrogens is 462 g/mol. The Morgan fingerprint density at radius 3 is 2.21 bits per heavy atom. The minimum absolute atomic E-state index is 0.0259. The number of sulfonamides is 1. The maximum Gasteiger partial charge on any atom is 0.289 e. The molecule has 0 N–H and O–H groups in total. The molecule has 1 aromatic heterocycles. The zero-order valence-electron chi connectivity index (χ0n) is 18.6. The molecule has 0 atom stereocenters. The lowest BCUT2D eigenvalue weighted by Gasteiger charge is -2.34. The second-order valence-corrected chi connectivity index (χ2v) is 10.1. The average Bonchev–Trinajstić information content (AvgIpc) is 2.84. The highest BCUT2D eigenvalue weighted by atomic mass is 32.2. The van der Waals surface area contributed by atoms with E-state index in [1.807, 2.05) is 0 Å². The van der Waals surface area contributed by atoms with Gasteiger partial charge in [0.1, 0.15) is 0 Å². The van der Waals surface area contributed by atoms with E-state index in [-0.39, 0.29) is 48.4 Å². The van der Waals surface area contributed by atoms with E-state index in [1.165, 1.54) is 27.8 Å². The van der Waals surface area contributed by atoms with Gasteiger partial charge in [0, 0.05) is 37.6 Å². The highest BCUT2D eigenvalue weighted by Crippen LogP contribution is 2.27. The molecule has 11 nitrogen and oxygen atoms in total. The molecule has 1 fully saturated rings. The fourth-order valence-electron chi connectivity index (χ4n) is 3.96. The number of hydrogen-bond acceptors (Lipinski definition) is 7. The van der Waals surface area contributed by atoms with Gasteiger partial charge in [-0.05, 0) is 26.0 Å². The third-order valence-corrected chi connectivity index (χ3v) is 7.67. The van der Waals surface area contributed by atoms with Gasteiger partial charge < -0.3 is 4.90 Å². The summed E-state index contributed by atoms with van der Waals surface area (Å²) in [7, 11) is -4.12. The lowest BCUT2D eigenvalue weighted by Crippen LogP contribution is -2.51. The number of aromatic nitrogens is 2. The van der Waals surface area contributed by atoms with Crippen LogP contribution >= 0.6 is 0 Å². The van der Waals surface area contributed by atoms with Crippen molar-refractivity contribution in [2.75, 3.05) is 26.2 Å². The first-order valence-electron chi connectivity index (χ1n) is 10.7. The Labute approximate surface area is 195 Å². The summed E-state index contributed by atoms with van der Waals surface area (Å²) in [5.74, 6) is -0.409. The maximum atomic E-state index is 13.4. The second kappa shape index (κ2) is 8.95. The van der Waals surface area contributed by atoms with Gasteiger partial charge in [-0.3, -0.25) is 19.7 Å². The Morgan fingerprint density at radius 1 is 1.00 bits per heavy atom. The first-order valence-corrected chi connectivity index (χ1v) is 12.1. The van der Waals surface area contributed by atoms with Crippen LogP contribution in [0.15, 0.2) is 58.2 Å². The molecule has 1 aliphatic rings. The fraction of sp³-hybridized carbons (Fsp3) is 0.318. The van der Waals surface area contributed by atoms with Gasteiger partial charge in [-0.2, -0.15) is 9.40 Å². The van der Waals surface area contributed by atoms with Gasteiger partial charge >= 0.3 is 0 Å². The second-order valence-electron chi connectivity index (χ2n) is 8.16. The quantitative estimate of drug-likeness (QED) is 0.398. The van der Waals surface area contributed by atoms with Gasteiger partial charge in [-0.15, -0.1) is 0 Å². The zero-order valence-corrected chi connectivity index (χ0v) is 19.4. The molecule has 4 rings (SSSR count). The summed E-state index contributed by atoms with van der Waals surface area (Å²) in [6, 6.07) is 11.7. The Bertz CT molecular complexity index is 1440. The van der Waals surface area contributed by atoms with Crippen molar-refractivity contribution in [2.24, 2.45) is 0 Å². The normalized spacial score (nSPS) is 15.1. The Kier molecular flexibility index (Phi) is 6.19. The minimum Gasteiger partial charge on any atom is -0.335 e. The Hall–Kier alpha value is -3.64. The molecule has 178 valence electrons. The number of fused-ring (bicyclic) bond motifs is 1. The van der Waals surface area contributed by atoms with Crippen molar-refractivity contribution in [3.8, 4) is 0 Å². The number of piperazine rings is 1. The van der Waals surface area contributed by atoms with Crippen molar-refractivity contribution in [3.63, 3.8) is 0 Å². The highest BCUT2D eigenvalue weighted by Gasteiger charge is 2.35. The number of nitro benzene ring substituents is 1. The highest BCUT2D eigenvalue weighted by molar-refractivity contribution is 7.89. The monoisotopic (exact) mass is 485 g/mol. The number of nitro groups is 1. The SMILES string of the molecule is CC(C)n1nc(C(=O)N2CCN(S(=O)(=O)c3ccccc3[N+](=O)[O-])CC2)c2ccccc2c1=O. The van der Waals surface area contributed by atoms with Crippen LogP contribution < -0.4 is 5.56 Å². The third kappa shape index (κ3) is 4.05. The first-order chi connectivity index (χ1) is 16.1. The molecule has 0 saturated carbocycles. The largest absolute Gasteiger partial charge is 0.335 e. The van der Waals surface area contributed by atoms with Crippen molar-refractivity contribution >= 4 is 32.4 Å². The van der Waals surface area contributed by atoms with Crippen molar-refractivity contribution in [1.82, 2.24) is 19.0 Å². The lowest BCUT2D eigenvalue weighted by atomic mass is 10.1. The van der Waals surface area contributed by atoms with Crippen LogP contribution in [0.5, 0.6) is 0 Å². The molecule has 34 heavy (non-hydrogen) atoms. The molecular formula is C22H23N5O6S. The van der Waals surface area contributed by atoms with E-state index in [1.54, 1.807) is 38.1 Å². The molecule has 2 heterocycles. The van der Waals surface area contributed by atoms with Crippen LogP contribution in [0, 0.1) is 10.1 Å². The van der Waals surface area contributed by atoms with Crippen LogP contribution in [0.3, 0.4) is 0 Å². The summed E-state index contributed by atoms with van der Waals surface area (Å²) in [6.07, 6.45) is 0. The lowest BCUT2D eigenvalue weighted by molar-refractivity contribution is -0.387. The summed E-state index contributed by atoms with van der Waals surface area (Å²) >= 11 is 0. The van der Waals surface area contributed by atoms with Crippen LogP contribution in [-0.2, 0) is 10.0 Å². The van der Waals surface area contributed by atoms with E-state index in [2.05, 4.69) is 5.10 Å². The molecule has 1 aliphatic heterocycles. The van der Waals surface area contributed by atoms with E-state index in [0.29, 0.717) is 10.8 Å². The summed E-state index contributed by atoms with van der Waals surface area (Å²) in [5.41, 5.74) is -0.658. The van der Waals surface area contributed by atoms with Crippen LogP contribution in [0.2, 0.25) is 0 Å². The molecule has 0 unspecified atom stereocenters. The standard InChI is InChI=1S/C22H23N5O6S/c1-15(2)26-21(28)17-8-4-3-7-16(17)20(23-26)22(29)24-11-13-25(14-12-24)34(32,33)19-10-6-5-9-18(19)27(30)31/h3-10,15H,11-14H2,1-2H3. The Morgan fingerprint density at radius 2 is 1.59 bits per heavy atom. The van der Waals surface area contributed by atoms with Crippen molar-refractivity contribution in [2.45, 2.75) is 24.8 Å². The molecule has 0 aliphatic carbocycles. The van der Waals surface area contributed by atoms with Gasteiger partial charge in [-0.1, -0.05) is 30.3 Å². The fourth-order valence-corrected chi connectivity index (χ4v) is 5.54. The predicted molar refractivity (Wildman–Crippen MR) is 124 cm³/mol. The van der Waals surface area contributed by atoms with Crippen LogP contribution in [0.25, 0.3) is 10.8 Å². The van der Waals surface area contributed by atoms with Crippen molar-refractivity contribution in [3.05, 3.63) is 74.7 Å². The first kappa shape index (κ1) is 23.5. The van der Waals surface area contributed by atoms with Gasteiger partial charge in [0.2, 0.25) is 10.0 Å². The van der Waals surface area contributed by atoms with E-state index < -0.39 is 26.5 Å². The molecule has 1 saturated heterocycles. The summed E-state index contributed by atoms with van der Waals surface area (Å²) in [4.78, 5) is 37.8. The van der Waals surface area contributed by atoms with Gasteiger partial charge in [0.15, 0.2) is 10.6 Å². The third-order valence-electron chi connectivity index (χ3n) is 5.73. The Balaban J connectivity index is 1.61. The smallest absolute Gasteiger partial charge is 0.289 e. The number of amides is 1. The number of nitrogens with zero attached hydrogens (tertiary/aromatic N) is 5.